The van der Waals surface area contributed by atoms with Gasteiger partial charge in [-0.05, 0) is 30.4 Å². The van der Waals surface area contributed by atoms with Crippen LogP contribution in [0.4, 0.5) is 0 Å². The summed E-state index contributed by atoms with van der Waals surface area (Å²) in [5.41, 5.74) is 2.91. The maximum Gasteiger partial charge on any atom is 0.0716 e. The van der Waals surface area contributed by atoms with E-state index in [1.165, 1.54) is 30.4 Å². The van der Waals surface area contributed by atoms with Crippen LogP contribution in [-0.4, -0.2) is 12.6 Å². The van der Waals surface area contributed by atoms with Crippen LogP contribution in [0.5, 0.6) is 0 Å². The van der Waals surface area contributed by atoms with Gasteiger partial charge >= 0.3 is 0 Å². The lowest BCUT2D eigenvalue weighted by molar-refractivity contribution is 0.183. The first kappa shape index (κ1) is 15.2. The van der Waals surface area contributed by atoms with Gasteiger partial charge < -0.3 is 10.1 Å². The molecule has 0 fully saturated rings. The van der Waals surface area contributed by atoms with Gasteiger partial charge in [0.05, 0.1) is 6.61 Å². The molecule has 1 N–H and O–H groups in total. The number of benzene rings is 1. The summed E-state index contributed by atoms with van der Waals surface area (Å²) in [5, 5.41) is 3.74. The molecule has 0 aromatic heterocycles. The lowest BCUT2D eigenvalue weighted by atomic mass is 9.89. The van der Waals surface area contributed by atoms with E-state index in [-0.39, 0.29) is 5.54 Å². The Kier molecular flexibility index (Phi) is 6.37. The summed E-state index contributed by atoms with van der Waals surface area (Å²) in [6, 6.07) is 8.51. The van der Waals surface area contributed by atoms with E-state index >= 15 is 0 Å². The summed E-state index contributed by atoms with van der Waals surface area (Å²) >= 11 is 0. The third-order valence-corrected chi connectivity index (χ3v) is 4.10. The molecular formula is C16H27NO. The smallest absolute Gasteiger partial charge is 0.0716 e. The van der Waals surface area contributed by atoms with Gasteiger partial charge in [-0.3, -0.25) is 0 Å². The number of hydrogen-bond donors (Lipinski definition) is 1. The van der Waals surface area contributed by atoms with Crippen LogP contribution < -0.4 is 5.32 Å². The molecule has 0 heterocycles. The highest BCUT2D eigenvalue weighted by Crippen LogP contribution is 2.20. The van der Waals surface area contributed by atoms with Crippen LogP contribution in [0.2, 0.25) is 0 Å². The number of nitrogens with one attached hydrogen (secondary N) is 1. The van der Waals surface area contributed by atoms with Crippen molar-refractivity contribution in [3.63, 3.8) is 0 Å². The molecule has 18 heavy (non-hydrogen) atoms. The summed E-state index contributed by atoms with van der Waals surface area (Å²) in [4.78, 5) is 0. The van der Waals surface area contributed by atoms with Crippen molar-refractivity contribution in [3.8, 4) is 0 Å². The molecule has 0 spiro atoms. The predicted molar refractivity (Wildman–Crippen MR) is 77.6 cm³/mol. The Morgan fingerprint density at radius 2 is 1.56 bits per heavy atom. The second kappa shape index (κ2) is 7.55. The minimum Gasteiger partial charge on any atom is -0.380 e. The van der Waals surface area contributed by atoms with E-state index in [4.69, 9.17) is 4.74 Å². The molecule has 2 heteroatoms. The highest BCUT2D eigenvalue weighted by atomic mass is 16.5. The van der Waals surface area contributed by atoms with Crippen LogP contribution in [0.3, 0.4) is 0 Å². The van der Waals surface area contributed by atoms with E-state index < -0.39 is 0 Å². The number of ether oxygens (including phenoxy) is 1. The van der Waals surface area contributed by atoms with Gasteiger partial charge in [0.2, 0.25) is 0 Å². The number of methoxy groups -OCH3 is 1. The van der Waals surface area contributed by atoms with Crippen LogP contribution in [0, 0.1) is 0 Å². The molecule has 0 aliphatic carbocycles. The van der Waals surface area contributed by atoms with Gasteiger partial charge in [-0.2, -0.15) is 0 Å². The van der Waals surface area contributed by atoms with Crippen LogP contribution in [0.25, 0.3) is 0 Å². The van der Waals surface area contributed by atoms with Crippen molar-refractivity contribution in [1.82, 2.24) is 5.32 Å². The molecule has 1 aromatic rings. The fourth-order valence-electron chi connectivity index (χ4n) is 2.43. The van der Waals surface area contributed by atoms with E-state index in [1.807, 2.05) is 0 Å². The van der Waals surface area contributed by atoms with Crippen LogP contribution in [0.15, 0.2) is 24.3 Å². The molecule has 0 unspecified atom stereocenters. The lowest BCUT2D eigenvalue weighted by Gasteiger charge is -2.32. The van der Waals surface area contributed by atoms with Crippen molar-refractivity contribution < 1.29 is 4.74 Å². The standard InChI is InChI=1S/C16H27NO/c1-5-16(6-2,7-3)17-12-14-10-8-9-11-15(14)13-18-4/h8-11,17H,5-7,12-13H2,1-4H3. The summed E-state index contributed by atoms with van der Waals surface area (Å²) in [5.74, 6) is 0. The quantitative estimate of drug-likeness (QED) is 0.754. The maximum atomic E-state index is 5.25. The molecule has 1 aromatic carbocycles. The lowest BCUT2D eigenvalue weighted by Crippen LogP contribution is -2.43. The Bertz CT molecular complexity index is 336. The van der Waals surface area contributed by atoms with Gasteiger partial charge in [-0.1, -0.05) is 45.0 Å². The van der Waals surface area contributed by atoms with Gasteiger partial charge in [0.25, 0.3) is 0 Å². The van der Waals surface area contributed by atoms with E-state index in [0.717, 1.165) is 6.54 Å². The van der Waals surface area contributed by atoms with Crippen molar-refractivity contribution >= 4 is 0 Å². The van der Waals surface area contributed by atoms with Crippen molar-refractivity contribution in [2.75, 3.05) is 7.11 Å². The summed E-state index contributed by atoms with van der Waals surface area (Å²) in [6.07, 6.45) is 3.52. The Labute approximate surface area is 112 Å². The van der Waals surface area contributed by atoms with Gasteiger partial charge in [-0.15, -0.1) is 0 Å². The molecule has 0 saturated heterocycles. The second-order valence-electron chi connectivity index (χ2n) is 4.90. The predicted octanol–water partition coefficient (Wildman–Crippen LogP) is 3.89. The second-order valence-corrected chi connectivity index (χ2v) is 4.90. The Morgan fingerprint density at radius 1 is 1.00 bits per heavy atom. The van der Waals surface area contributed by atoms with Gasteiger partial charge in [0.15, 0.2) is 0 Å². The van der Waals surface area contributed by atoms with Crippen LogP contribution in [0.1, 0.15) is 51.2 Å². The normalized spacial score (nSPS) is 11.8. The fourth-order valence-corrected chi connectivity index (χ4v) is 2.43. The first-order chi connectivity index (χ1) is 8.71. The molecule has 1 rings (SSSR count). The van der Waals surface area contributed by atoms with E-state index in [2.05, 4.69) is 50.4 Å². The van der Waals surface area contributed by atoms with Crippen LogP contribution in [-0.2, 0) is 17.9 Å². The third-order valence-electron chi connectivity index (χ3n) is 4.10. The van der Waals surface area contributed by atoms with Gasteiger partial charge in [0.1, 0.15) is 0 Å². The molecule has 102 valence electrons. The first-order valence-corrected chi connectivity index (χ1v) is 7.02. The largest absolute Gasteiger partial charge is 0.380 e. The molecular weight excluding hydrogens is 222 g/mol. The highest BCUT2D eigenvalue weighted by Gasteiger charge is 2.22. The van der Waals surface area contributed by atoms with Crippen molar-refractivity contribution in [1.29, 1.82) is 0 Å². The third kappa shape index (κ3) is 3.82. The van der Waals surface area contributed by atoms with E-state index in [0.29, 0.717) is 6.61 Å². The minimum atomic E-state index is 0.278. The Morgan fingerprint density at radius 3 is 2.06 bits per heavy atom. The fraction of sp³-hybridized carbons (Fsp3) is 0.625. The first-order valence-electron chi connectivity index (χ1n) is 7.02. The molecule has 0 aliphatic rings. The zero-order valence-electron chi connectivity index (χ0n) is 12.3. The minimum absolute atomic E-state index is 0.278. The van der Waals surface area contributed by atoms with E-state index in [1.54, 1.807) is 7.11 Å². The topological polar surface area (TPSA) is 21.3 Å². The number of hydrogen-bond acceptors (Lipinski definition) is 2. The maximum absolute atomic E-state index is 5.25. The summed E-state index contributed by atoms with van der Waals surface area (Å²) in [6.45, 7) is 8.41. The molecule has 0 radical (unpaired) electrons. The van der Waals surface area contributed by atoms with Crippen molar-refractivity contribution in [3.05, 3.63) is 35.4 Å². The monoisotopic (exact) mass is 249 g/mol. The van der Waals surface area contributed by atoms with E-state index in [9.17, 15) is 0 Å². The molecule has 0 aliphatic heterocycles. The summed E-state index contributed by atoms with van der Waals surface area (Å²) < 4.78 is 5.25. The van der Waals surface area contributed by atoms with Gasteiger partial charge in [0, 0.05) is 19.2 Å². The molecule has 0 saturated carbocycles. The van der Waals surface area contributed by atoms with Crippen LogP contribution >= 0.6 is 0 Å². The highest BCUT2D eigenvalue weighted by molar-refractivity contribution is 5.26. The molecule has 2 nitrogen and oxygen atoms in total. The Balaban J connectivity index is 2.72. The zero-order chi connectivity index (χ0) is 13.4. The number of rotatable bonds is 8. The van der Waals surface area contributed by atoms with Crippen molar-refractivity contribution in [2.45, 2.75) is 58.7 Å². The molecule has 0 atom stereocenters. The molecule has 0 amide bonds. The summed E-state index contributed by atoms with van der Waals surface area (Å²) in [7, 11) is 1.75. The SMILES string of the molecule is CCC(CC)(CC)NCc1ccccc1COC. The molecule has 0 bridgehead atoms. The Hall–Kier alpha value is -0.860. The average molecular weight is 249 g/mol. The van der Waals surface area contributed by atoms with Gasteiger partial charge in [-0.25, -0.2) is 0 Å². The zero-order valence-corrected chi connectivity index (χ0v) is 12.3. The van der Waals surface area contributed by atoms with Crippen molar-refractivity contribution in [2.24, 2.45) is 0 Å². The average Bonchev–Trinajstić information content (AvgIpc) is 2.43.